The molecule has 2 rings (SSSR count). The number of ether oxygens (including phenoxy) is 1. The number of hydrogen-bond donors (Lipinski definition) is 0. The lowest BCUT2D eigenvalue weighted by Crippen LogP contribution is -2.03. The van der Waals surface area contributed by atoms with Crippen molar-refractivity contribution in [1.29, 1.82) is 0 Å². The van der Waals surface area contributed by atoms with Gasteiger partial charge in [-0.1, -0.05) is 29.1 Å². The maximum atomic E-state index is 13.8. The summed E-state index contributed by atoms with van der Waals surface area (Å²) < 4.78 is 20.2. The molecule has 1 aromatic carbocycles. The number of halogens is 3. The van der Waals surface area contributed by atoms with Gasteiger partial charge >= 0.3 is 0 Å². The van der Waals surface area contributed by atoms with Gasteiger partial charge in [-0.3, -0.25) is 0 Å². The van der Waals surface area contributed by atoms with Gasteiger partial charge in [0.15, 0.2) is 11.6 Å². The van der Waals surface area contributed by atoms with Gasteiger partial charge in [-0.05, 0) is 6.07 Å². The number of rotatable bonds is 3. The van der Waals surface area contributed by atoms with E-state index in [1.54, 1.807) is 0 Å². The summed E-state index contributed by atoms with van der Waals surface area (Å²) in [5.41, 5.74) is 0.00517. The average Bonchev–Trinajstić information content (AvgIpc) is 2.82. The van der Waals surface area contributed by atoms with E-state index in [-0.39, 0.29) is 28.1 Å². The molecule has 0 spiro atoms. The summed E-state index contributed by atoms with van der Waals surface area (Å²) in [5.74, 6) is 1.75. The number of nitrogens with zero attached hydrogens (tertiary/aromatic N) is 3. The first kappa shape index (κ1) is 12.7. The summed E-state index contributed by atoms with van der Waals surface area (Å²) >= 11 is 11.9. The Morgan fingerprint density at radius 2 is 2.28 bits per heavy atom. The highest BCUT2D eigenvalue weighted by Crippen LogP contribution is 2.38. The molecule has 0 aliphatic carbocycles. The van der Waals surface area contributed by atoms with Gasteiger partial charge in [-0.15, -0.1) is 6.42 Å². The van der Waals surface area contributed by atoms with Crippen molar-refractivity contribution in [1.82, 2.24) is 14.8 Å². The number of aromatic nitrogens is 3. The molecule has 2 aromatic rings. The van der Waals surface area contributed by atoms with Gasteiger partial charge in [0.2, 0.25) is 0 Å². The van der Waals surface area contributed by atoms with Crippen LogP contribution in [0.1, 0.15) is 0 Å². The second-order valence-corrected chi connectivity index (χ2v) is 3.95. The molecule has 1 aromatic heterocycles. The van der Waals surface area contributed by atoms with E-state index in [0.717, 1.165) is 6.07 Å². The molecular weight excluding hydrogens is 280 g/mol. The van der Waals surface area contributed by atoms with Crippen molar-refractivity contribution in [3.05, 3.63) is 34.6 Å². The van der Waals surface area contributed by atoms with Crippen molar-refractivity contribution in [3.63, 3.8) is 0 Å². The second kappa shape index (κ2) is 5.25. The van der Waals surface area contributed by atoms with Crippen LogP contribution in [-0.2, 0) is 0 Å². The zero-order chi connectivity index (χ0) is 13.1. The third kappa shape index (κ3) is 2.26. The molecule has 0 amide bonds. The Balaban J connectivity index is 2.57. The summed E-state index contributed by atoms with van der Waals surface area (Å²) in [5, 5.41) is 3.83. The summed E-state index contributed by atoms with van der Waals surface area (Å²) in [6.45, 7) is -0.0259. The fourth-order valence-corrected chi connectivity index (χ4v) is 1.97. The zero-order valence-electron chi connectivity index (χ0n) is 8.90. The van der Waals surface area contributed by atoms with Gasteiger partial charge in [0.05, 0.1) is 5.02 Å². The largest absolute Gasteiger partial charge is 0.478 e. The normalized spacial score (nSPS) is 10.1. The van der Waals surface area contributed by atoms with Crippen LogP contribution in [0.5, 0.6) is 5.75 Å². The summed E-state index contributed by atoms with van der Waals surface area (Å²) in [7, 11) is 0. The monoisotopic (exact) mass is 285 g/mol. The lowest BCUT2D eigenvalue weighted by Gasteiger charge is -2.12. The minimum Gasteiger partial charge on any atom is -0.478 e. The minimum atomic E-state index is -0.636. The molecule has 0 N–H and O–H groups in total. The van der Waals surface area contributed by atoms with E-state index in [4.69, 9.17) is 34.4 Å². The molecule has 0 radical (unpaired) electrons. The Morgan fingerprint density at radius 3 is 2.89 bits per heavy atom. The quantitative estimate of drug-likeness (QED) is 0.814. The van der Waals surface area contributed by atoms with Crippen molar-refractivity contribution in [2.75, 3.05) is 6.61 Å². The lowest BCUT2D eigenvalue weighted by atomic mass is 10.3. The molecular formula is C11H6Cl2FN3O. The molecule has 18 heavy (non-hydrogen) atoms. The van der Waals surface area contributed by atoms with Crippen molar-refractivity contribution < 1.29 is 9.13 Å². The van der Waals surface area contributed by atoms with Crippen molar-refractivity contribution in [2.24, 2.45) is 0 Å². The fourth-order valence-electron chi connectivity index (χ4n) is 1.34. The van der Waals surface area contributed by atoms with E-state index >= 15 is 0 Å². The topological polar surface area (TPSA) is 39.9 Å². The van der Waals surface area contributed by atoms with E-state index in [2.05, 4.69) is 16.0 Å². The second-order valence-electron chi connectivity index (χ2n) is 3.16. The Kier molecular flexibility index (Phi) is 3.70. The molecule has 0 atom stereocenters. The maximum absolute atomic E-state index is 13.8. The summed E-state index contributed by atoms with van der Waals surface area (Å²) in [4.78, 5) is 3.72. The maximum Gasteiger partial charge on any atom is 0.160 e. The summed E-state index contributed by atoms with van der Waals surface area (Å²) in [6, 6.07) is 1.08. The summed E-state index contributed by atoms with van der Waals surface area (Å²) in [6.07, 6.45) is 7.64. The molecule has 0 saturated carbocycles. The van der Waals surface area contributed by atoms with Gasteiger partial charge in [0, 0.05) is 0 Å². The van der Waals surface area contributed by atoms with Crippen LogP contribution < -0.4 is 4.74 Å². The van der Waals surface area contributed by atoms with Crippen LogP contribution in [0.4, 0.5) is 4.39 Å². The fraction of sp³-hybridized carbons (Fsp3) is 0.0909. The van der Waals surface area contributed by atoms with Gasteiger partial charge in [0.25, 0.3) is 0 Å². The molecule has 1 heterocycles. The lowest BCUT2D eigenvalue weighted by molar-refractivity contribution is 0.369. The van der Waals surface area contributed by atoms with E-state index in [1.165, 1.54) is 17.3 Å². The van der Waals surface area contributed by atoms with E-state index in [1.807, 2.05) is 0 Å². The molecule has 0 bridgehead atoms. The molecule has 4 nitrogen and oxygen atoms in total. The highest BCUT2D eigenvalue weighted by Gasteiger charge is 2.19. The molecule has 7 heteroatoms. The van der Waals surface area contributed by atoms with Crippen molar-refractivity contribution in [3.8, 4) is 23.8 Å². The minimum absolute atomic E-state index is 0.00517. The standard InChI is InChI=1S/C11H6Cl2FN3O/c1-2-3-18-11-7(12)4-8(14)10(9(11)13)17-6-15-5-16-17/h1,4-6H,3H2. The Labute approximate surface area is 112 Å². The first-order chi connectivity index (χ1) is 8.65. The predicted octanol–water partition coefficient (Wildman–Crippen LogP) is 2.73. The third-order valence-corrected chi connectivity index (χ3v) is 2.68. The molecule has 0 aliphatic heterocycles. The Bertz CT molecular complexity index is 608. The highest BCUT2D eigenvalue weighted by molar-refractivity contribution is 6.38. The van der Waals surface area contributed by atoms with Crippen molar-refractivity contribution in [2.45, 2.75) is 0 Å². The highest BCUT2D eigenvalue weighted by atomic mass is 35.5. The van der Waals surface area contributed by atoms with Gasteiger partial charge in [0.1, 0.15) is 30.0 Å². The number of terminal acetylenes is 1. The Morgan fingerprint density at radius 1 is 1.50 bits per heavy atom. The van der Waals surface area contributed by atoms with Gasteiger partial charge in [-0.2, -0.15) is 5.10 Å². The van der Waals surface area contributed by atoms with Crippen LogP contribution in [0, 0.1) is 18.2 Å². The van der Waals surface area contributed by atoms with Crippen LogP contribution >= 0.6 is 23.2 Å². The molecule has 92 valence electrons. The van der Waals surface area contributed by atoms with Gasteiger partial charge in [-0.25, -0.2) is 14.1 Å². The first-order valence-corrected chi connectivity index (χ1v) is 5.49. The smallest absolute Gasteiger partial charge is 0.160 e. The molecule has 0 fully saturated rings. The third-order valence-electron chi connectivity index (χ3n) is 2.05. The first-order valence-electron chi connectivity index (χ1n) is 4.74. The van der Waals surface area contributed by atoms with E-state index in [0.29, 0.717) is 0 Å². The van der Waals surface area contributed by atoms with Gasteiger partial charge < -0.3 is 4.74 Å². The average molecular weight is 286 g/mol. The van der Waals surface area contributed by atoms with Crippen molar-refractivity contribution >= 4 is 23.2 Å². The Hall–Kier alpha value is -1.77. The van der Waals surface area contributed by atoms with Crippen LogP contribution in [-0.4, -0.2) is 21.4 Å². The van der Waals surface area contributed by atoms with E-state index < -0.39 is 5.82 Å². The SMILES string of the molecule is C#CCOc1c(Cl)cc(F)c(-n2cncn2)c1Cl. The number of hydrogen-bond acceptors (Lipinski definition) is 3. The van der Waals surface area contributed by atoms with Crippen LogP contribution in [0.3, 0.4) is 0 Å². The van der Waals surface area contributed by atoms with Crippen LogP contribution in [0.2, 0.25) is 10.0 Å². The zero-order valence-corrected chi connectivity index (χ0v) is 10.4. The molecule has 0 unspecified atom stereocenters. The van der Waals surface area contributed by atoms with E-state index in [9.17, 15) is 4.39 Å². The number of benzene rings is 1. The predicted molar refractivity (Wildman–Crippen MR) is 65.7 cm³/mol. The molecule has 0 aliphatic rings. The van der Waals surface area contributed by atoms with Crippen LogP contribution in [0.15, 0.2) is 18.7 Å². The van der Waals surface area contributed by atoms with Crippen LogP contribution in [0.25, 0.3) is 5.69 Å². The molecule has 0 saturated heterocycles.